The van der Waals surface area contributed by atoms with E-state index in [9.17, 15) is 23.3 Å². The number of hydrogen-bond acceptors (Lipinski definition) is 5. The number of nitro groups is 1. The standard InChI is InChI=1S/C17H19N3O5S/c1-2-10-18-17(21)15-8-3-4-9-16(15)19-26(24,25)12-13-6-5-7-14(11-13)20(22)23/h3-9,11,19H,2,10,12H2,1H3,(H,18,21). The molecular formula is C17H19N3O5S. The summed E-state index contributed by atoms with van der Waals surface area (Å²) in [4.78, 5) is 22.4. The monoisotopic (exact) mass is 377 g/mol. The highest BCUT2D eigenvalue weighted by Crippen LogP contribution is 2.20. The summed E-state index contributed by atoms with van der Waals surface area (Å²) in [6.45, 7) is 2.39. The predicted octanol–water partition coefficient (Wildman–Crippen LogP) is 2.68. The largest absolute Gasteiger partial charge is 0.352 e. The third kappa shape index (κ3) is 5.28. The third-order valence-corrected chi connectivity index (χ3v) is 4.70. The first-order chi connectivity index (χ1) is 12.3. The predicted molar refractivity (Wildman–Crippen MR) is 98.4 cm³/mol. The van der Waals surface area contributed by atoms with Crippen LogP contribution in [0, 0.1) is 10.1 Å². The molecule has 0 aliphatic rings. The van der Waals surface area contributed by atoms with Gasteiger partial charge in [-0.15, -0.1) is 0 Å². The molecular weight excluding hydrogens is 358 g/mol. The summed E-state index contributed by atoms with van der Waals surface area (Å²) < 4.78 is 27.2. The first-order valence-electron chi connectivity index (χ1n) is 7.93. The van der Waals surface area contributed by atoms with E-state index in [0.717, 1.165) is 6.42 Å². The molecule has 1 amide bonds. The lowest BCUT2D eigenvalue weighted by Crippen LogP contribution is -2.26. The Balaban J connectivity index is 2.21. The van der Waals surface area contributed by atoms with E-state index in [1.807, 2.05) is 6.92 Å². The molecule has 26 heavy (non-hydrogen) atoms. The lowest BCUT2D eigenvalue weighted by molar-refractivity contribution is -0.384. The maximum atomic E-state index is 12.4. The number of nitrogens with one attached hydrogen (secondary N) is 2. The molecule has 2 aromatic carbocycles. The highest BCUT2D eigenvalue weighted by atomic mass is 32.2. The SMILES string of the molecule is CCCNC(=O)c1ccccc1NS(=O)(=O)Cc1cccc([N+](=O)[O-])c1. The molecule has 0 aromatic heterocycles. The van der Waals surface area contributed by atoms with E-state index in [1.165, 1.54) is 36.4 Å². The molecule has 138 valence electrons. The number of hydrogen-bond donors (Lipinski definition) is 2. The van der Waals surface area contributed by atoms with Crippen molar-refractivity contribution in [1.29, 1.82) is 0 Å². The van der Waals surface area contributed by atoms with Crippen molar-refractivity contribution >= 4 is 27.3 Å². The van der Waals surface area contributed by atoms with Gasteiger partial charge in [0.25, 0.3) is 11.6 Å². The van der Waals surface area contributed by atoms with Crippen molar-refractivity contribution in [2.75, 3.05) is 11.3 Å². The summed E-state index contributed by atoms with van der Waals surface area (Å²) >= 11 is 0. The summed E-state index contributed by atoms with van der Waals surface area (Å²) in [5.74, 6) is -0.819. The van der Waals surface area contributed by atoms with E-state index < -0.39 is 20.7 Å². The molecule has 0 heterocycles. The Bertz CT molecular complexity index is 912. The zero-order chi connectivity index (χ0) is 19.2. The van der Waals surface area contributed by atoms with Gasteiger partial charge >= 0.3 is 0 Å². The Morgan fingerprint density at radius 1 is 1.15 bits per heavy atom. The number of non-ortho nitro benzene ring substituents is 1. The van der Waals surface area contributed by atoms with Crippen molar-refractivity contribution in [2.24, 2.45) is 0 Å². The molecule has 2 N–H and O–H groups in total. The fourth-order valence-electron chi connectivity index (χ4n) is 2.29. The Kier molecular flexibility index (Phi) is 6.29. The van der Waals surface area contributed by atoms with E-state index in [0.29, 0.717) is 6.54 Å². The molecule has 2 aromatic rings. The molecule has 0 atom stereocenters. The summed E-state index contributed by atoms with van der Waals surface area (Å²) in [6.07, 6.45) is 0.756. The topological polar surface area (TPSA) is 118 Å². The van der Waals surface area contributed by atoms with Gasteiger partial charge in [-0.2, -0.15) is 0 Å². The van der Waals surface area contributed by atoms with Crippen LogP contribution in [0.3, 0.4) is 0 Å². The number of carbonyl (C=O) groups is 1. The van der Waals surface area contributed by atoms with Crippen LogP contribution in [0.25, 0.3) is 0 Å². The molecule has 0 spiro atoms. The van der Waals surface area contributed by atoms with Crippen LogP contribution in [-0.4, -0.2) is 25.8 Å². The molecule has 8 nitrogen and oxygen atoms in total. The highest BCUT2D eigenvalue weighted by Gasteiger charge is 2.18. The zero-order valence-corrected chi connectivity index (χ0v) is 15.0. The van der Waals surface area contributed by atoms with Gasteiger partial charge in [0.1, 0.15) is 0 Å². The van der Waals surface area contributed by atoms with E-state index >= 15 is 0 Å². The molecule has 0 saturated carbocycles. The van der Waals surface area contributed by atoms with Crippen molar-refractivity contribution < 1.29 is 18.1 Å². The molecule has 0 saturated heterocycles. The number of benzene rings is 2. The molecule has 0 aliphatic carbocycles. The number of carbonyl (C=O) groups excluding carboxylic acids is 1. The van der Waals surface area contributed by atoms with Gasteiger partial charge in [-0.25, -0.2) is 8.42 Å². The average Bonchev–Trinajstić information content (AvgIpc) is 2.59. The molecule has 0 unspecified atom stereocenters. The van der Waals surface area contributed by atoms with Crippen molar-refractivity contribution in [2.45, 2.75) is 19.1 Å². The van der Waals surface area contributed by atoms with Gasteiger partial charge in [0, 0.05) is 18.7 Å². The van der Waals surface area contributed by atoms with Crippen molar-refractivity contribution in [3.63, 3.8) is 0 Å². The molecule has 0 bridgehead atoms. The first-order valence-corrected chi connectivity index (χ1v) is 9.58. The Hall–Kier alpha value is -2.94. The number of anilines is 1. The third-order valence-electron chi connectivity index (χ3n) is 3.45. The molecule has 2 rings (SSSR count). The fourth-order valence-corrected chi connectivity index (χ4v) is 3.49. The Morgan fingerprint density at radius 3 is 2.58 bits per heavy atom. The molecule has 0 radical (unpaired) electrons. The van der Waals surface area contributed by atoms with Gasteiger partial charge in [-0.1, -0.05) is 31.2 Å². The lowest BCUT2D eigenvalue weighted by atomic mass is 10.1. The maximum Gasteiger partial charge on any atom is 0.269 e. The van der Waals surface area contributed by atoms with Gasteiger partial charge in [-0.3, -0.25) is 19.6 Å². The molecule has 9 heteroatoms. The minimum Gasteiger partial charge on any atom is -0.352 e. The number of amides is 1. The van der Waals surface area contributed by atoms with Crippen molar-refractivity contribution in [3.05, 3.63) is 69.8 Å². The second-order valence-corrected chi connectivity index (χ2v) is 7.31. The number of nitro benzene ring substituents is 1. The van der Waals surface area contributed by atoms with Gasteiger partial charge < -0.3 is 5.32 Å². The van der Waals surface area contributed by atoms with Crippen LogP contribution in [-0.2, 0) is 15.8 Å². The quantitative estimate of drug-likeness (QED) is 0.541. The van der Waals surface area contributed by atoms with Crippen LogP contribution >= 0.6 is 0 Å². The molecule has 0 aliphatic heterocycles. The van der Waals surface area contributed by atoms with E-state index in [4.69, 9.17) is 0 Å². The summed E-state index contributed by atoms with van der Waals surface area (Å²) in [6, 6.07) is 11.7. The van der Waals surface area contributed by atoms with Crippen LogP contribution < -0.4 is 10.0 Å². The van der Waals surface area contributed by atoms with Gasteiger partial charge in [0.2, 0.25) is 10.0 Å². The van der Waals surface area contributed by atoms with Crippen molar-refractivity contribution in [3.8, 4) is 0 Å². The Morgan fingerprint density at radius 2 is 1.88 bits per heavy atom. The van der Waals surface area contributed by atoms with E-state index in [-0.39, 0.29) is 28.4 Å². The normalized spacial score (nSPS) is 11.0. The second kappa shape index (κ2) is 8.43. The Labute approximate surface area is 151 Å². The van der Waals surface area contributed by atoms with E-state index in [1.54, 1.807) is 12.1 Å². The average molecular weight is 377 g/mol. The second-order valence-electron chi connectivity index (χ2n) is 5.59. The first kappa shape index (κ1) is 19.4. The molecule has 0 fully saturated rings. The van der Waals surface area contributed by atoms with Crippen LogP contribution in [0.1, 0.15) is 29.3 Å². The van der Waals surface area contributed by atoms with Crippen LogP contribution in [0.15, 0.2) is 48.5 Å². The summed E-state index contributed by atoms with van der Waals surface area (Å²) in [7, 11) is -3.86. The van der Waals surface area contributed by atoms with Gasteiger partial charge in [0.15, 0.2) is 0 Å². The maximum absolute atomic E-state index is 12.4. The van der Waals surface area contributed by atoms with E-state index in [2.05, 4.69) is 10.0 Å². The highest BCUT2D eigenvalue weighted by molar-refractivity contribution is 7.91. The lowest BCUT2D eigenvalue weighted by Gasteiger charge is -2.12. The summed E-state index contributed by atoms with van der Waals surface area (Å²) in [5, 5.41) is 13.5. The number of nitrogens with zero attached hydrogens (tertiary/aromatic N) is 1. The zero-order valence-electron chi connectivity index (χ0n) is 14.1. The van der Waals surface area contributed by atoms with Gasteiger partial charge in [-0.05, 0) is 24.1 Å². The minimum absolute atomic E-state index is 0.159. The summed E-state index contributed by atoms with van der Waals surface area (Å²) in [5.41, 5.74) is 0.465. The number of para-hydroxylation sites is 1. The van der Waals surface area contributed by atoms with Crippen molar-refractivity contribution in [1.82, 2.24) is 5.32 Å². The number of rotatable bonds is 8. The smallest absolute Gasteiger partial charge is 0.269 e. The van der Waals surface area contributed by atoms with Gasteiger partial charge in [0.05, 0.1) is 21.9 Å². The number of sulfonamides is 1. The fraction of sp³-hybridized carbons (Fsp3) is 0.235. The van der Waals surface area contributed by atoms with Crippen LogP contribution in [0.4, 0.5) is 11.4 Å². The minimum atomic E-state index is -3.86. The van der Waals surface area contributed by atoms with Crippen LogP contribution in [0.2, 0.25) is 0 Å². The van der Waals surface area contributed by atoms with Crippen LogP contribution in [0.5, 0.6) is 0 Å².